The number of unbranched alkanes of at least 4 members (excludes halogenated alkanes) is 53. The second-order valence-electron chi connectivity index (χ2n) is 24.9. The normalized spacial score (nSPS) is 12.1. The van der Waals surface area contributed by atoms with Gasteiger partial charge in [0.15, 0.2) is 6.10 Å². The van der Waals surface area contributed by atoms with Crippen LogP contribution in [0.25, 0.3) is 0 Å². The van der Waals surface area contributed by atoms with Crippen molar-refractivity contribution < 1.29 is 28.6 Å². The summed E-state index contributed by atoms with van der Waals surface area (Å²) >= 11 is 0. The molecule has 0 aromatic carbocycles. The number of allylic oxidation sites excluding steroid dienone is 4. The van der Waals surface area contributed by atoms with Crippen LogP contribution in [0.5, 0.6) is 0 Å². The molecule has 0 fully saturated rings. The van der Waals surface area contributed by atoms with Gasteiger partial charge in [0.25, 0.3) is 0 Å². The first-order valence-corrected chi connectivity index (χ1v) is 36.3. The summed E-state index contributed by atoms with van der Waals surface area (Å²) < 4.78 is 17.0. The van der Waals surface area contributed by atoms with Crippen LogP contribution in [0.4, 0.5) is 0 Å². The van der Waals surface area contributed by atoms with E-state index in [4.69, 9.17) is 14.2 Å². The molecule has 0 radical (unpaired) electrons. The molecule has 0 aliphatic carbocycles. The predicted molar refractivity (Wildman–Crippen MR) is 349 cm³/mol. The van der Waals surface area contributed by atoms with Gasteiger partial charge >= 0.3 is 17.9 Å². The van der Waals surface area contributed by atoms with E-state index in [1.54, 1.807) is 0 Å². The first-order chi connectivity index (χ1) is 39.5. The van der Waals surface area contributed by atoms with E-state index in [0.29, 0.717) is 19.3 Å². The summed E-state index contributed by atoms with van der Waals surface area (Å²) in [5, 5.41) is 0. The number of rotatable bonds is 68. The van der Waals surface area contributed by atoms with Crippen molar-refractivity contribution >= 4 is 17.9 Å². The smallest absolute Gasteiger partial charge is 0.306 e. The Hall–Kier alpha value is -2.11. The number of carbonyl (C=O) groups excluding carboxylic acids is 3. The summed E-state index contributed by atoms with van der Waals surface area (Å²) in [7, 11) is 0. The Morgan fingerprint density at radius 1 is 0.237 bits per heavy atom. The zero-order valence-electron chi connectivity index (χ0n) is 54.4. The summed E-state index contributed by atoms with van der Waals surface area (Å²) in [6.07, 6.45) is 85.1. The molecular formula is C74H140O6. The molecule has 1 atom stereocenters. The summed E-state index contributed by atoms with van der Waals surface area (Å²) in [5.74, 6) is -0.846. The minimum absolute atomic E-state index is 0.0679. The zero-order valence-corrected chi connectivity index (χ0v) is 54.4. The minimum Gasteiger partial charge on any atom is -0.462 e. The molecule has 472 valence electrons. The van der Waals surface area contributed by atoms with E-state index in [-0.39, 0.29) is 31.1 Å². The second-order valence-corrected chi connectivity index (χ2v) is 24.9. The minimum atomic E-state index is -0.771. The molecule has 0 saturated heterocycles. The van der Waals surface area contributed by atoms with Gasteiger partial charge in [0, 0.05) is 19.3 Å². The van der Waals surface area contributed by atoms with Gasteiger partial charge in [0.1, 0.15) is 13.2 Å². The molecular weight excluding hydrogens is 985 g/mol. The molecule has 0 saturated carbocycles. The number of hydrogen-bond donors (Lipinski definition) is 0. The van der Waals surface area contributed by atoms with Crippen molar-refractivity contribution in [1.82, 2.24) is 0 Å². The van der Waals surface area contributed by atoms with Crippen LogP contribution < -0.4 is 0 Å². The molecule has 0 N–H and O–H groups in total. The molecule has 6 nitrogen and oxygen atoms in total. The molecule has 0 rings (SSSR count). The Morgan fingerprint density at radius 2 is 0.425 bits per heavy atom. The van der Waals surface area contributed by atoms with E-state index in [0.717, 1.165) is 64.2 Å². The van der Waals surface area contributed by atoms with Gasteiger partial charge in [-0.25, -0.2) is 0 Å². The molecule has 0 aliphatic heterocycles. The largest absolute Gasteiger partial charge is 0.462 e. The third kappa shape index (κ3) is 66.7. The van der Waals surface area contributed by atoms with Crippen LogP contribution in [-0.4, -0.2) is 37.2 Å². The van der Waals surface area contributed by atoms with E-state index in [1.807, 2.05) is 0 Å². The molecule has 0 aromatic rings. The standard InChI is InChI=1S/C74H140O6/c1-4-7-10-13-16-19-22-24-26-28-30-32-34-36-37-38-40-41-43-45-47-49-52-55-58-61-64-67-73(76)79-70-71(69-78-72(75)66-63-60-57-54-51-21-18-15-12-9-6-3)80-74(77)68-65-62-59-56-53-50-48-46-44-42-39-35-33-31-29-27-25-23-20-17-14-11-8-5-2/h15,18,28,30,71H,4-14,16-17,19-27,29,31-70H2,1-3H3/b18-15-,30-28-. The van der Waals surface area contributed by atoms with Crippen LogP contribution in [0.1, 0.15) is 412 Å². The summed E-state index contributed by atoms with van der Waals surface area (Å²) in [6.45, 7) is 6.68. The van der Waals surface area contributed by atoms with Gasteiger partial charge in [-0.3, -0.25) is 14.4 Å². The van der Waals surface area contributed by atoms with Gasteiger partial charge in [-0.2, -0.15) is 0 Å². The van der Waals surface area contributed by atoms with E-state index >= 15 is 0 Å². The number of ether oxygens (including phenoxy) is 3. The van der Waals surface area contributed by atoms with Gasteiger partial charge in [-0.1, -0.05) is 353 Å². The Morgan fingerprint density at radius 3 is 0.662 bits per heavy atom. The Kier molecular flexibility index (Phi) is 67.6. The first-order valence-electron chi connectivity index (χ1n) is 36.3. The fraction of sp³-hybridized carbons (Fsp3) is 0.905. The van der Waals surface area contributed by atoms with Crippen molar-refractivity contribution in [3.8, 4) is 0 Å². The summed E-state index contributed by atoms with van der Waals surface area (Å²) in [4.78, 5) is 38.4. The summed E-state index contributed by atoms with van der Waals surface area (Å²) in [5.41, 5.74) is 0. The van der Waals surface area contributed by atoms with Gasteiger partial charge in [-0.05, 0) is 64.2 Å². The SMILES string of the molecule is CCCC/C=C\CCCCCCCC(=O)OCC(COC(=O)CCCCCCCCCCCCCCCCC/C=C\CCCCCCCCCC)OC(=O)CCCCCCCCCCCCCCCCCCCCCCCCCC. The van der Waals surface area contributed by atoms with Crippen LogP contribution in [0.2, 0.25) is 0 Å². The Labute approximate surface area is 500 Å². The molecule has 0 heterocycles. The lowest BCUT2D eigenvalue weighted by atomic mass is 10.0. The maximum absolute atomic E-state index is 12.9. The lowest BCUT2D eigenvalue weighted by Crippen LogP contribution is -2.30. The maximum atomic E-state index is 12.9. The number of esters is 3. The molecule has 0 aromatic heterocycles. The lowest BCUT2D eigenvalue weighted by molar-refractivity contribution is -0.167. The quantitative estimate of drug-likeness (QED) is 0.0261. The van der Waals surface area contributed by atoms with Gasteiger partial charge in [0.2, 0.25) is 0 Å². The Balaban J connectivity index is 4.14. The van der Waals surface area contributed by atoms with Crippen molar-refractivity contribution in [1.29, 1.82) is 0 Å². The highest BCUT2D eigenvalue weighted by Gasteiger charge is 2.19. The number of carbonyl (C=O) groups is 3. The zero-order chi connectivity index (χ0) is 57.8. The average molecular weight is 1130 g/mol. The molecule has 0 aliphatic rings. The third-order valence-electron chi connectivity index (χ3n) is 16.7. The monoisotopic (exact) mass is 1130 g/mol. The second kappa shape index (κ2) is 69.4. The van der Waals surface area contributed by atoms with E-state index in [9.17, 15) is 14.4 Å². The Bertz CT molecular complexity index is 1290. The summed E-state index contributed by atoms with van der Waals surface area (Å²) in [6, 6.07) is 0. The van der Waals surface area contributed by atoms with Crippen molar-refractivity contribution in [3.05, 3.63) is 24.3 Å². The van der Waals surface area contributed by atoms with Crippen molar-refractivity contribution in [2.75, 3.05) is 13.2 Å². The van der Waals surface area contributed by atoms with Crippen LogP contribution in [0.15, 0.2) is 24.3 Å². The van der Waals surface area contributed by atoms with Crippen molar-refractivity contribution in [2.45, 2.75) is 419 Å². The highest BCUT2D eigenvalue weighted by atomic mass is 16.6. The van der Waals surface area contributed by atoms with E-state index < -0.39 is 6.10 Å². The van der Waals surface area contributed by atoms with Crippen LogP contribution in [0, 0.1) is 0 Å². The topological polar surface area (TPSA) is 78.9 Å². The molecule has 80 heavy (non-hydrogen) atoms. The maximum Gasteiger partial charge on any atom is 0.306 e. The highest BCUT2D eigenvalue weighted by Crippen LogP contribution is 2.19. The highest BCUT2D eigenvalue weighted by molar-refractivity contribution is 5.71. The lowest BCUT2D eigenvalue weighted by Gasteiger charge is -2.18. The van der Waals surface area contributed by atoms with Gasteiger partial charge < -0.3 is 14.2 Å². The van der Waals surface area contributed by atoms with Crippen molar-refractivity contribution in [2.24, 2.45) is 0 Å². The van der Waals surface area contributed by atoms with Gasteiger partial charge in [0.05, 0.1) is 0 Å². The van der Waals surface area contributed by atoms with Crippen LogP contribution in [-0.2, 0) is 28.6 Å². The fourth-order valence-electron chi connectivity index (χ4n) is 11.2. The average Bonchev–Trinajstić information content (AvgIpc) is 3.46. The molecule has 1 unspecified atom stereocenters. The fourth-order valence-corrected chi connectivity index (χ4v) is 11.2. The van der Waals surface area contributed by atoms with E-state index in [2.05, 4.69) is 45.1 Å². The third-order valence-corrected chi connectivity index (χ3v) is 16.7. The number of hydrogen-bond acceptors (Lipinski definition) is 6. The van der Waals surface area contributed by atoms with Gasteiger partial charge in [-0.15, -0.1) is 0 Å². The van der Waals surface area contributed by atoms with Crippen LogP contribution in [0.3, 0.4) is 0 Å². The molecule has 0 spiro atoms. The van der Waals surface area contributed by atoms with Crippen LogP contribution >= 0.6 is 0 Å². The first kappa shape index (κ1) is 77.9. The molecule has 0 amide bonds. The predicted octanol–water partition coefficient (Wildman–Crippen LogP) is 25.0. The van der Waals surface area contributed by atoms with E-state index in [1.165, 1.54) is 308 Å². The molecule has 6 heteroatoms. The molecule has 0 bridgehead atoms. The van der Waals surface area contributed by atoms with Crippen molar-refractivity contribution in [3.63, 3.8) is 0 Å².